The molecule has 6 nitrogen and oxygen atoms in total. The van der Waals surface area contributed by atoms with Crippen LogP contribution in [0.25, 0.3) is 0 Å². The Morgan fingerprint density at radius 3 is 2.64 bits per heavy atom. The molecule has 0 spiro atoms. The second-order valence-electron chi connectivity index (χ2n) is 6.16. The molecule has 132 valence electrons. The van der Waals surface area contributed by atoms with Gasteiger partial charge in [-0.15, -0.1) is 0 Å². The van der Waals surface area contributed by atoms with Crippen molar-refractivity contribution in [3.63, 3.8) is 0 Å². The standard InChI is InChI=1S/C18H20N2O4S/c1-12-4-5-13(2)17(10-12)25(22,23)19-14-6-7-16-15(11-14)18(21)20(3)8-9-24-16/h4-7,10-11,19H,8-9H2,1-3H3. The van der Waals surface area contributed by atoms with E-state index in [-0.39, 0.29) is 10.8 Å². The van der Waals surface area contributed by atoms with Gasteiger partial charge in [-0.2, -0.15) is 0 Å². The summed E-state index contributed by atoms with van der Waals surface area (Å²) < 4.78 is 33.5. The smallest absolute Gasteiger partial charge is 0.262 e. The summed E-state index contributed by atoms with van der Waals surface area (Å²) in [6, 6.07) is 9.99. The Bertz CT molecular complexity index is 938. The van der Waals surface area contributed by atoms with E-state index in [1.54, 1.807) is 43.1 Å². The Kier molecular flexibility index (Phi) is 4.43. The van der Waals surface area contributed by atoms with Crippen LogP contribution in [-0.4, -0.2) is 39.4 Å². The summed E-state index contributed by atoms with van der Waals surface area (Å²) in [5.41, 5.74) is 2.19. The third-order valence-electron chi connectivity index (χ3n) is 4.13. The molecule has 0 saturated heterocycles. The van der Waals surface area contributed by atoms with Crippen LogP contribution in [-0.2, 0) is 10.0 Å². The number of rotatable bonds is 3. The molecule has 0 bridgehead atoms. The van der Waals surface area contributed by atoms with Crippen LogP contribution in [0, 0.1) is 13.8 Å². The molecule has 1 aliphatic heterocycles. The highest BCUT2D eigenvalue weighted by Gasteiger charge is 2.23. The predicted octanol–water partition coefficient (Wildman–Crippen LogP) is 2.57. The van der Waals surface area contributed by atoms with Crippen LogP contribution in [0.1, 0.15) is 21.5 Å². The number of aryl methyl sites for hydroxylation is 2. The number of amides is 1. The quantitative estimate of drug-likeness (QED) is 0.913. The maximum atomic E-state index is 12.7. The lowest BCUT2D eigenvalue weighted by molar-refractivity contribution is 0.0796. The fourth-order valence-corrected chi connectivity index (χ4v) is 4.07. The Labute approximate surface area is 147 Å². The maximum Gasteiger partial charge on any atom is 0.262 e. The van der Waals surface area contributed by atoms with Crippen molar-refractivity contribution in [1.82, 2.24) is 4.90 Å². The minimum absolute atomic E-state index is 0.194. The van der Waals surface area contributed by atoms with Gasteiger partial charge in [0.05, 0.1) is 17.0 Å². The summed E-state index contributed by atoms with van der Waals surface area (Å²) in [7, 11) is -2.06. The largest absolute Gasteiger partial charge is 0.491 e. The second-order valence-corrected chi connectivity index (χ2v) is 7.81. The molecule has 2 aromatic rings. The fraction of sp³-hybridized carbons (Fsp3) is 0.278. The van der Waals surface area contributed by atoms with Crippen LogP contribution in [0.2, 0.25) is 0 Å². The number of fused-ring (bicyclic) bond motifs is 1. The summed E-state index contributed by atoms with van der Waals surface area (Å²) in [6.07, 6.45) is 0. The Morgan fingerprint density at radius 2 is 1.88 bits per heavy atom. The molecule has 1 amide bonds. The van der Waals surface area contributed by atoms with Gasteiger partial charge in [-0.3, -0.25) is 9.52 Å². The van der Waals surface area contributed by atoms with E-state index < -0.39 is 10.0 Å². The molecule has 0 aromatic heterocycles. The van der Waals surface area contributed by atoms with Crippen molar-refractivity contribution in [3.8, 4) is 5.75 Å². The molecule has 0 unspecified atom stereocenters. The molecule has 0 atom stereocenters. The predicted molar refractivity (Wildman–Crippen MR) is 95.6 cm³/mol. The van der Waals surface area contributed by atoms with E-state index in [1.807, 2.05) is 13.0 Å². The zero-order valence-corrected chi connectivity index (χ0v) is 15.2. The minimum Gasteiger partial charge on any atom is -0.491 e. The van der Waals surface area contributed by atoms with Gasteiger partial charge in [0.1, 0.15) is 12.4 Å². The highest BCUT2D eigenvalue weighted by atomic mass is 32.2. The zero-order chi connectivity index (χ0) is 18.2. The lowest BCUT2D eigenvalue weighted by Crippen LogP contribution is -2.27. The number of nitrogens with one attached hydrogen (secondary N) is 1. The number of hydrogen-bond donors (Lipinski definition) is 1. The van der Waals surface area contributed by atoms with E-state index in [1.165, 1.54) is 6.07 Å². The summed E-state index contributed by atoms with van der Waals surface area (Å²) in [4.78, 5) is 14.2. The first-order valence-electron chi connectivity index (χ1n) is 7.90. The number of sulfonamides is 1. The molecule has 0 saturated carbocycles. The van der Waals surface area contributed by atoms with Gasteiger partial charge in [0.15, 0.2) is 0 Å². The lowest BCUT2D eigenvalue weighted by atomic mass is 10.1. The molecule has 1 aliphatic rings. The van der Waals surface area contributed by atoms with E-state index in [0.717, 1.165) is 5.56 Å². The van der Waals surface area contributed by atoms with E-state index >= 15 is 0 Å². The average molecular weight is 360 g/mol. The zero-order valence-electron chi connectivity index (χ0n) is 14.4. The topological polar surface area (TPSA) is 75.7 Å². The molecule has 1 N–H and O–H groups in total. The monoisotopic (exact) mass is 360 g/mol. The molecular weight excluding hydrogens is 340 g/mol. The molecular formula is C18H20N2O4S. The summed E-state index contributed by atoms with van der Waals surface area (Å²) in [6.45, 7) is 4.48. The number of anilines is 1. The van der Waals surface area contributed by atoms with Crippen molar-refractivity contribution in [1.29, 1.82) is 0 Å². The van der Waals surface area contributed by atoms with E-state index in [4.69, 9.17) is 4.74 Å². The molecule has 7 heteroatoms. The first kappa shape index (κ1) is 17.3. The van der Waals surface area contributed by atoms with Gasteiger partial charge in [-0.1, -0.05) is 12.1 Å². The van der Waals surface area contributed by atoms with Crippen LogP contribution >= 0.6 is 0 Å². The number of likely N-dealkylation sites (N-methyl/N-ethyl adjacent to an activating group) is 1. The SMILES string of the molecule is Cc1ccc(C)c(S(=O)(=O)Nc2ccc3c(c2)C(=O)N(C)CCO3)c1. The summed E-state index contributed by atoms with van der Waals surface area (Å²) in [5.74, 6) is 0.268. The Morgan fingerprint density at radius 1 is 1.12 bits per heavy atom. The number of hydrogen-bond acceptors (Lipinski definition) is 4. The third kappa shape index (κ3) is 3.46. The normalized spacial score (nSPS) is 14.5. The first-order valence-corrected chi connectivity index (χ1v) is 9.38. The molecule has 0 fully saturated rings. The van der Waals surface area contributed by atoms with Crippen molar-refractivity contribution < 1.29 is 17.9 Å². The van der Waals surface area contributed by atoms with Crippen molar-refractivity contribution in [2.24, 2.45) is 0 Å². The maximum absolute atomic E-state index is 12.7. The highest BCUT2D eigenvalue weighted by Crippen LogP contribution is 2.28. The molecule has 3 rings (SSSR count). The van der Waals surface area contributed by atoms with Crippen LogP contribution in [0.3, 0.4) is 0 Å². The Hall–Kier alpha value is -2.54. The average Bonchev–Trinajstić information content (AvgIpc) is 2.69. The molecule has 1 heterocycles. The van der Waals surface area contributed by atoms with Crippen LogP contribution in [0.5, 0.6) is 5.75 Å². The van der Waals surface area contributed by atoms with Gasteiger partial charge < -0.3 is 9.64 Å². The van der Waals surface area contributed by atoms with E-state index in [0.29, 0.717) is 35.7 Å². The van der Waals surface area contributed by atoms with Gasteiger partial charge in [0, 0.05) is 12.7 Å². The van der Waals surface area contributed by atoms with Crippen LogP contribution in [0.15, 0.2) is 41.3 Å². The molecule has 0 radical (unpaired) electrons. The number of carbonyl (C=O) groups is 1. The summed E-state index contributed by atoms with van der Waals surface area (Å²) in [5, 5.41) is 0. The van der Waals surface area contributed by atoms with Crippen LogP contribution in [0.4, 0.5) is 5.69 Å². The van der Waals surface area contributed by atoms with Gasteiger partial charge in [0.2, 0.25) is 0 Å². The van der Waals surface area contributed by atoms with E-state index in [9.17, 15) is 13.2 Å². The Balaban J connectivity index is 1.97. The number of benzene rings is 2. The fourth-order valence-electron chi connectivity index (χ4n) is 2.69. The van der Waals surface area contributed by atoms with Gasteiger partial charge in [0.25, 0.3) is 15.9 Å². The van der Waals surface area contributed by atoms with Crippen molar-refractivity contribution >= 4 is 21.6 Å². The van der Waals surface area contributed by atoms with Gasteiger partial charge in [-0.05, 0) is 49.2 Å². The number of carbonyl (C=O) groups excluding carboxylic acids is 1. The van der Waals surface area contributed by atoms with Crippen LogP contribution < -0.4 is 9.46 Å². The number of ether oxygens (including phenoxy) is 1. The molecule has 0 aliphatic carbocycles. The van der Waals surface area contributed by atoms with Crippen molar-refractivity contribution in [2.75, 3.05) is 24.9 Å². The number of nitrogens with zero attached hydrogens (tertiary/aromatic N) is 1. The van der Waals surface area contributed by atoms with E-state index in [2.05, 4.69) is 4.72 Å². The van der Waals surface area contributed by atoms with Crippen molar-refractivity contribution in [3.05, 3.63) is 53.1 Å². The molecule has 25 heavy (non-hydrogen) atoms. The molecule has 2 aromatic carbocycles. The van der Waals surface area contributed by atoms with Gasteiger partial charge in [-0.25, -0.2) is 8.42 Å². The van der Waals surface area contributed by atoms with Gasteiger partial charge >= 0.3 is 0 Å². The second kappa shape index (κ2) is 6.40. The highest BCUT2D eigenvalue weighted by molar-refractivity contribution is 7.92. The lowest BCUT2D eigenvalue weighted by Gasteiger charge is -2.14. The minimum atomic E-state index is -3.75. The third-order valence-corrected chi connectivity index (χ3v) is 5.65. The summed E-state index contributed by atoms with van der Waals surface area (Å²) >= 11 is 0. The van der Waals surface area contributed by atoms with Crippen molar-refractivity contribution in [2.45, 2.75) is 18.7 Å². The first-order chi connectivity index (χ1) is 11.8.